The first kappa shape index (κ1) is 30.5. The van der Waals surface area contributed by atoms with Crippen molar-refractivity contribution in [3.8, 4) is 0 Å². The topological polar surface area (TPSA) is 276 Å². The maximum Gasteiger partial charge on any atom is 0.332 e. The molecule has 11 N–H and O–H groups in total. The van der Waals surface area contributed by atoms with Crippen LogP contribution in [-0.4, -0.2) is 113 Å². The van der Waals surface area contributed by atoms with Gasteiger partial charge in [0.2, 0.25) is 0 Å². The van der Waals surface area contributed by atoms with Gasteiger partial charge in [0.1, 0.15) is 36.6 Å². The molecule has 0 heterocycles. The molecular weight excluding hydrogens is 390 g/mol. The van der Waals surface area contributed by atoms with Gasteiger partial charge in [-0.25, -0.2) is 4.79 Å². The third kappa shape index (κ3) is 17.2. The summed E-state index contributed by atoms with van der Waals surface area (Å²) in [5, 5.41) is 75.6. The molecule has 0 amide bonds. The lowest BCUT2D eigenvalue weighted by atomic mass is 10.0. The van der Waals surface area contributed by atoms with Crippen LogP contribution in [-0.2, 0) is 19.2 Å². The summed E-state index contributed by atoms with van der Waals surface area (Å²) in [6.07, 6.45) is -8.29. The van der Waals surface area contributed by atoms with Crippen molar-refractivity contribution in [2.45, 2.75) is 56.3 Å². The Labute approximate surface area is 159 Å². The number of aliphatic hydroxyl groups is 6. The van der Waals surface area contributed by atoms with Crippen LogP contribution in [0.1, 0.15) is 19.8 Å². The van der Waals surface area contributed by atoms with E-state index in [1.807, 2.05) is 0 Å². The van der Waals surface area contributed by atoms with E-state index >= 15 is 0 Å². The van der Waals surface area contributed by atoms with Crippen LogP contribution in [0.15, 0.2) is 0 Å². The van der Waals surface area contributed by atoms with Crippen LogP contribution in [0.4, 0.5) is 0 Å². The van der Waals surface area contributed by atoms with Crippen molar-refractivity contribution in [2.24, 2.45) is 5.73 Å². The van der Waals surface area contributed by atoms with Gasteiger partial charge in [-0.15, -0.1) is 0 Å². The number of aliphatic carboxylic acids is 3. The Hall–Kier alpha value is -2.20. The molecule has 0 aromatic heterocycles. The highest BCUT2D eigenvalue weighted by molar-refractivity contribution is 5.74. The third-order valence-electron chi connectivity index (χ3n) is 2.76. The molecule has 0 rings (SSSR count). The summed E-state index contributed by atoms with van der Waals surface area (Å²) in [4.78, 5) is 39.2. The van der Waals surface area contributed by atoms with E-state index in [9.17, 15) is 19.2 Å². The minimum atomic E-state index is -1.79. The first-order chi connectivity index (χ1) is 12.7. The molecule has 0 aliphatic rings. The zero-order valence-corrected chi connectivity index (χ0v) is 14.9. The van der Waals surface area contributed by atoms with Gasteiger partial charge in [0.15, 0.2) is 6.29 Å². The summed E-state index contributed by atoms with van der Waals surface area (Å²) in [6.45, 7) is 0.437. The number of hydrogen-bond donors (Lipinski definition) is 10. The smallest absolute Gasteiger partial charge is 0.332 e. The van der Waals surface area contributed by atoms with E-state index in [-0.39, 0.29) is 19.1 Å². The molecule has 0 aromatic rings. The Morgan fingerprint density at radius 2 is 1.36 bits per heavy atom. The van der Waals surface area contributed by atoms with Gasteiger partial charge in [-0.3, -0.25) is 9.59 Å². The molecule has 0 aliphatic heterocycles. The Morgan fingerprint density at radius 1 is 0.929 bits per heavy atom. The maximum atomic E-state index is 9.99. The molecule has 0 fully saturated rings. The van der Waals surface area contributed by atoms with Crippen LogP contribution in [0.3, 0.4) is 0 Å². The highest BCUT2D eigenvalue weighted by Crippen LogP contribution is 2.02. The lowest BCUT2D eigenvalue weighted by Crippen LogP contribution is -2.46. The highest BCUT2D eigenvalue weighted by Gasteiger charge is 2.29. The normalized spacial score (nSPS) is 16.4. The fourth-order valence-electron chi connectivity index (χ4n) is 1.02. The first-order valence-corrected chi connectivity index (χ1v) is 7.62. The van der Waals surface area contributed by atoms with E-state index in [0.29, 0.717) is 0 Å². The van der Waals surface area contributed by atoms with Gasteiger partial charge >= 0.3 is 17.9 Å². The minimum absolute atomic E-state index is 0.0231. The van der Waals surface area contributed by atoms with E-state index in [0.717, 1.165) is 0 Å². The Balaban J connectivity index is -0.000000354. The van der Waals surface area contributed by atoms with Crippen LogP contribution in [0, 0.1) is 0 Å². The quantitative estimate of drug-likeness (QED) is 0.150. The van der Waals surface area contributed by atoms with Gasteiger partial charge in [0.25, 0.3) is 0 Å². The molecule has 166 valence electrons. The Morgan fingerprint density at radius 3 is 1.61 bits per heavy atom. The average molecular weight is 417 g/mol. The van der Waals surface area contributed by atoms with Crippen molar-refractivity contribution >= 4 is 24.2 Å². The van der Waals surface area contributed by atoms with Crippen LogP contribution < -0.4 is 5.73 Å². The van der Waals surface area contributed by atoms with E-state index < -0.39 is 61.1 Å². The van der Waals surface area contributed by atoms with E-state index in [1.165, 1.54) is 6.92 Å². The summed E-state index contributed by atoms with van der Waals surface area (Å²) in [5.41, 5.74) is 5.00. The van der Waals surface area contributed by atoms with Gasteiger partial charge in [-0.2, -0.15) is 0 Å². The predicted molar refractivity (Wildman–Crippen MR) is 89.0 cm³/mol. The zero-order chi connectivity index (χ0) is 23.0. The van der Waals surface area contributed by atoms with Gasteiger partial charge < -0.3 is 56.5 Å². The molecule has 0 spiro atoms. The van der Waals surface area contributed by atoms with Crippen molar-refractivity contribution in [1.82, 2.24) is 0 Å². The van der Waals surface area contributed by atoms with Crippen molar-refractivity contribution < 1.29 is 65.1 Å². The lowest BCUT2D eigenvalue weighted by molar-refractivity contribution is -0.145. The second-order valence-electron chi connectivity index (χ2n) is 5.25. The SMILES string of the molecule is CC(O)C(=O)O.N[C@@H](CCC(=O)O)C(=O)O.O=C[C@H](O)[C@@H](O)[C@H](O)[C@H](O)CO. The summed E-state index contributed by atoms with van der Waals surface area (Å²) in [6, 6.07) is -1.06. The molecule has 0 radical (unpaired) electrons. The largest absolute Gasteiger partial charge is 0.481 e. The second-order valence-corrected chi connectivity index (χ2v) is 5.25. The van der Waals surface area contributed by atoms with Gasteiger partial charge in [-0.1, -0.05) is 0 Å². The molecular formula is C14H27NO13. The van der Waals surface area contributed by atoms with Crippen molar-refractivity contribution in [2.75, 3.05) is 6.61 Å². The fourth-order valence-corrected chi connectivity index (χ4v) is 1.02. The van der Waals surface area contributed by atoms with Crippen LogP contribution in [0.5, 0.6) is 0 Å². The van der Waals surface area contributed by atoms with E-state index in [4.69, 9.17) is 51.7 Å². The van der Waals surface area contributed by atoms with Crippen LogP contribution in [0.25, 0.3) is 0 Å². The van der Waals surface area contributed by atoms with Gasteiger partial charge in [-0.05, 0) is 13.3 Å². The zero-order valence-electron chi connectivity index (χ0n) is 14.9. The molecule has 0 aliphatic carbocycles. The summed E-state index contributed by atoms with van der Waals surface area (Å²) >= 11 is 0. The molecule has 14 heteroatoms. The molecule has 0 saturated carbocycles. The number of rotatable bonds is 10. The Kier molecular flexibility index (Phi) is 18.5. The minimum Gasteiger partial charge on any atom is -0.481 e. The second kappa shape index (κ2) is 16.9. The summed E-state index contributed by atoms with van der Waals surface area (Å²) in [5.74, 6) is -3.38. The van der Waals surface area contributed by atoms with Crippen molar-refractivity contribution in [3.63, 3.8) is 0 Å². The number of aliphatic hydroxyl groups excluding tert-OH is 6. The molecule has 28 heavy (non-hydrogen) atoms. The number of carbonyl (C=O) groups is 4. The molecule has 0 aromatic carbocycles. The van der Waals surface area contributed by atoms with Crippen molar-refractivity contribution in [3.05, 3.63) is 0 Å². The van der Waals surface area contributed by atoms with Crippen molar-refractivity contribution in [1.29, 1.82) is 0 Å². The number of aldehydes is 1. The van der Waals surface area contributed by atoms with Gasteiger partial charge in [0.05, 0.1) is 6.61 Å². The summed E-state index contributed by atoms with van der Waals surface area (Å²) < 4.78 is 0. The standard InChI is InChI=1S/C6H12O6.C5H9NO4.C3H6O3/c7-1-3(9)5(11)6(12)4(10)2-8;6-3(5(9)10)1-2-4(7)8;1-2(4)3(5)6/h1,3-6,8-12H,2H2;3H,1-2,6H2,(H,7,8)(H,9,10);2,4H,1H3,(H,5,6)/t3-,4+,5+,6+;3-;/m00./s1. The van der Waals surface area contributed by atoms with E-state index in [1.54, 1.807) is 0 Å². The number of nitrogens with two attached hydrogens (primary N) is 1. The van der Waals surface area contributed by atoms with Crippen LogP contribution in [0.2, 0.25) is 0 Å². The fraction of sp³-hybridized carbons (Fsp3) is 0.714. The molecule has 0 bridgehead atoms. The third-order valence-corrected chi connectivity index (χ3v) is 2.76. The average Bonchev–Trinajstić information content (AvgIpc) is 2.63. The highest BCUT2D eigenvalue weighted by atomic mass is 16.4. The molecule has 0 saturated heterocycles. The number of hydrogen-bond acceptors (Lipinski definition) is 11. The number of carboxylic acids is 3. The Bertz CT molecular complexity index is 470. The molecule has 6 atom stereocenters. The number of carboxylic acid groups (broad SMARTS) is 3. The van der Waals surface area contributed by atoms with Crippen LogP contribution >= 0.6 is 0 Å². The maximum absolute atomic E-state index is 9.99. The molecule has 1 unspecified atom stereocenters. The monoisotopic (exact) mass is 417 g/mol. The first-order valence-electron chi connectivity index (χ1n) is 7.62. The predicted octanol–water partition coefficient (Wildman–Crippen LogP) is -4.66. The van der Waals surface area contributed by atoms with Gasteiger partial charge in [0, 0.05) is 6.42 Å². The molecule has 14 nitrogen and oxygen atoms in total. The lowest BCUT2D eigenvalue weighted by Gasteiger charge is -2.22. The van der Waals surface area contributed by atoms with E-state index in [2.05, 4.69) is 0 Å². The summed E-state index contributed by atoms with van der Waals surface area (Å²) in [7, 11) is 0. The number of carbonyl (C=O) groups excluding carboxylic acids is 1.